The van der Waals surface area contributed by atoms with E-state index in [9.17, 15) is 0 Å². The van der Waals surface area contributed by atoms with Crippen LogP contribution in [-0.2, 0) is 6.42 Å². The Morgan fingerprint density at radius 2 is 0.824 bits per heavy atom. The highest BCUT2D eigenvalue weighted by Gasteiger charge is 2.06. The van der Waals surface area contributed by atoms with Gasteiger partial charge in [-0.1, -0.05) is 0 Å². The number of nitrogens with zero attached hydrogens (tertiary/aromatic N) is 6. The van der Waals surface area contributed by atoms with Crippen molar-refractivity contribution in [2.75, 3.05) is 0 Å². The Bertz CT molecular complexity index is 462. The lowest BCUT2D eigenvalue weighted by Gasteiger charge is -2.03. The summed E-state index contributed by atoms with van der Waals surface area (Å²) in [4.78, 5) is 25.3. The van der Waals surface area contributed by atoms with Crippen LogP contribution in [0, 0.1) is 27.7 Å². The van der Waals surface area contributed by atoms with Crippen molar-refractivity contribution in [2.24, 2.45) is 0 Å². The smallest absolute Gasteiger partial charge is 0.140 e. The molecule has 0 fully saturated rings. The molecular weight excluding hydrogens is 216 g/mol. The van der Waals surface area contributed by atoms with Crippen LogP contribution in [0.3, 0.4) is 0 Å². The normalized spacial score (nSPS) is 10.6. The summed E-state index contributed by atoms with van der Waals surface area (Å²) in [6.45, 7) is 7.40. The van der Waals surface area contributed by atoms with Crippen molar-refractivity contribution in [1.82, 2.24) is 29.9 Å². The highest BCUT2D eigenvalue weighted by atomic mass is 15.1. The molecule has 17 heavy (non-hydrogen) atoms. The molecule has 0 radical (unpaired) electrons. The van der Waals surface area contributed by atoms with Crippen LogP contribution >= 0.6 is 0 Å². The van der Waals surface area contributed by atoms with E-state index in [1.54, 1.807) is 0 Å². The van der Waals surface area contributed by atoms with Crippen LogP contribution in [0.15, 0.2) is 0 Å². The Morgan fingerprint density at radius 1 is 0.529 bits per heavy atom. The van der Waals surface area contributed by atoms with E-state index in [0.717, 1.165) is 23.3 Å². The Morgan fingerprint density at radius 3 is 1.12 bits per heavy atom. The van der Waals surface area contributed by atoms with Crippen LogP contribution in [0.5, 0.6) is 0 Å². The van der Waals surface area contributed by atoms with E-state index in [1.165, 1.54) is 0 Å². The lowest BCUT2D eigenvalue weighted by Crippen LogP contribution is -2.08. The second-order valence-corrected chi connectivity index (χ2v) is 3.87. The molecule has 2 heterocycles. The SMILES string of the molecule is Cc1nc(C)nc(Cc2nc(C)nc(C)n2)n1. The monoisotopic (exact) mass is 230 g/mol. The molecule has 0 aromatic carbocycles. The van der Waals surface area contributed by atoms with Crippen molar-refractivity contribution < 1.29 is 0 Å². The first-order valence-electron chi connectivity index (χ1n) is 5.39. The maximum Gasteiger partial charge on any atom is 0.140 e. The van der Waals surface area contributed by atoms with E-state index < -0.39 is 0 Å². The van der Waals surface area contributed by atoms with Gasteiger partial charge in [0.05, 0.1) is 6.42 Å². The van der Waals surface area contributed by atoms with Gasteiger partial charge in [-0.25, -0.2) is 29.9 Å². The summed E-state index contributed by atoms with van der Waals surface area (Å²) >= 11 is 0. The molecule has 0 bridgehead atoms. The van der Waals surface area contributed by atoms with Crippen molar-refractivity contribution in [3.8, 4) is 0 Å². The molecule has 0 amide bonds. The van der Waals surface area contributed by atoms with Gasteiger partial charge in [-0.2, -0.15) is 0 Å². The highest BCUT2D eigenvalue weighted by molar-refractivity contribution is 5.04. The summed E-state index contributed by atoms with van der Waals surface area (Å²) < 4.78 is 0. The van der Waals surface area contributed by atoms with Gasteiger partial charge in [0.15, 0.2) is 0 Å². The zero-order valence-corrected chi connectivity index (χ0v) is 10.4. The molecule has 88 valence electrons. The standard InChI is InChI=1S/C11H14N6/c1-6-12-7(2)15-10(14-6)5-11-16-8(3)13-9(4)17-11/h5H2,1-4H3. The Labute approximate surface area is 99.6 Å². The number of rotatable bonds is 2. The lowest BCUT2D eigenvalue weighted by molar-refractivity contribution is 0.786. The topological polar surface area (TPSA) is 77.3 Å². The summed E-state index contributed by atoms with van der Waals surface area (Å²) in [5, 5.41) is 0. The maximum atomic E-state index is 4.27. The number of hydrogen-bond donors (Lipinski definition) is 0. The van der Waals surface area contributed by atoms with Gasteiger partial charge < -0.3 is 0 Å². The van der Waals surface area contributed by atoms with Gasteiger partial charge in [0.1, 0.15) is 34.9 Å². The van der Waals surface area contributed by atoms with Crippen molar-refractivity contribution in [1.29, 1.82) is 0 Å². The first kappa shape index (κ1) is 11.5. The van der Waals surface area contributed by atoms with Gasteiger partial charge >= 0.3 is 0 Å². The van der Waals surface area contributed by atoms with Crippen LogP contribution in [-0.4, -0.2) is 29.9 Å². The summed E-state index contributed by atoms with van der Waals surface area (Å²) in [6.07, 6.45) is 0.508. The Hall–Kier alpha value is -1.98. The fraction of sp³-hybridized carbons (Fsp3) is 0.455. The quantitative estimate of drug-likeness (QED) is 0.762. The summed E-state index contributed by atoms with van der Waals surface area (Å²) in [5.74, 6) is 4.26. The molecule has 2 aromatic rings. The zero-order chi connectivity index (χ0) is 12.4. The highest BCUT2D eigenvalue weighted by Crippen LogP contribution is 2.02. The molecule has 0 spiro atoms. The fourth-order valence-corrected chi connectivity index (χ4v) is 1.66. The predicted octanol–water partition coefficient (Wildman–Crippen LogP) is 0.881. The zero-order valence-electron chi connectivity index (χ0n) is 10.4. The van der Waals surface area contributed by atoms with E-state index in [1.807, 2.05) is 27.7 Å². The van der Waals surface area contributed by atoms with E-state index >= 15 is 0 Å². The van der Waals surface area contributed by atoms with Gasteiger partial charge in [-0.05, 0) is 27.7 Å². The fourth-order valence-electron chi connectivity index (χ4n) is 1.66. The third-order valence-corrected chi connectivity index (χ3v) is 2.13. The summed E-state index contributed by atoms with van der Waals surface area (Å²) in [7, 11) is 0. The molecule has 0 aliphatic rings. The van der Waals surface area contributed by atoms with Crippen LogP contribution in [0.4, 0.5) is 0 Å². The molecule has 0 aliphatic carbocycles. The average Bonchev–Trinajstić information content (AvgIpc) is 2.13. The van der Waals surface area contributed by atoms with Crippen LogP contribution in [0.2, 0.25) is 0 Å². The van der Waals surface area contributed by atoms with Crippen molar-refractivity contribution in [3.63, 3.8) is 0 Å². The van der Waals surface area contributed by atoms with Gasteiger partial charge in [-0.15, -0.1) is 0 Å². The summed E-state index contributed by atoms with van der Waals surface area (Å²) in [6, 6.07) is 0. The van der Waals surface area contributed by atoms with Crippen LogP contribution in [0.25, 0.3) is 0 Å². The van der Waals surface area contributed by atoms with E-state index in [4.69, 9.17) is 0 Å². The van der Waals surface area contributed by atoms with E-state index in [2.05, 4.69) is 29.9 Å². The molecule has 6 heteroatoms. The first-order chi connectivity index (χ1) is 8.02. The molecule has 0 N–H and O–H groups in total. The maximum absolute atomic E-state index is 4.27. The van der Waals surface area contributed by atoms with Crippen LogP contribution < -0.4 is 0 Å². The van der Waals surface area contributed by atoms with Crippen LogP contribution in [0.1, 0.15) is 34.9 Å². The molecule has 0 saturated heterocycles. The minimum atomic E-state index is 0.508. The molecule has 0 saturated carbocycles. The van der Waals surface area contributed by atoms with Crippen molar-refractivity contribution >= 4 is 0 Å². The molecular formula is C11H14N6. The number of aryl methyl sites for hydroxylation is 4. The Balaban J connectivity index is 2.31. The summed E-state index contributed by atoms with van der Waals surface area (Å²) in [5.41, 5.74) is 0. The van der Waals surface area contributed by atoms with Gasteiger partial charge in [0, 0.05) is 0 Å². The minimum Gasteiger partial charge on any atom is -0.219 e. The van der Waals surface area contributed by atoms with E-state index in [0.29, 0.717) is 18.1 Å². The lowest BCUT2D eigenvalue weighted by atomic mass is 10.3. The molecule has 2 aromatic heterocycles. The molecule has 6 nitrogen and oxygen atoms in total. The predicted molar refractivity (Wildman–Crippen MR) is 61.4 cm³/mol. The van der Waals surface area contributed by atoms with Gasteiger partial charge in [-0.3, -0.25) is 0 Å². The minimum absolute atomic E-state index is 0.508. The second-order valence-electron chi connectivity index (χ2n) is 3.87. The molecule has 0 unspecified atom stereocenters. The first-order valence-corrected chi connectivity index (χ1v) is 5.39. The third kappa shape index (κ3) is 2.99. The average molecular weight is 230 g/mol. The molecule has 0 aliphatic heterocycles. The Kier molecular flexibility index (Phi) is 3.03. The third-order valence-electron chi connectivity index (χ3n) is 2.13. The van der Waals surface area contributed by atoms with Gasteiger partial charge in [0.25, 0.3) is 0 Å². The van der Waals surface area contributed by atoms with Crippen molar-refractivity contribution in [3.05, 3.63) is 34.9 Å². The number of hydrogen-bond acceptors (Lipinski definition) is 6. The number of aromatic nitrogens is 6. The second kappa shape index (κ2) is 4.48. The van der Waals surface area contributed by atoms with Crippen molar-refractivity contribution in [2.45, 2.75) is 34.1 Å². The molecule has 2 rings (SSSR count). The largest absolute Gasteiger partial charge is 0.219 e. The molecule has 0 atom stereocenters. The van der Waals surface area contributed by atoms with Gasteiger partial charge in [0.2, 0.25) is 0 Å². The van der Waals surface area contributed by atoms with E-state index in [-0.39, 0.29) is 0 Å².